The van der Waals surface area contributed by atoms with Gasteiger partial charge in [-0.1, -0.05) is 0 Å². The van der Waals surface area contributed by atoms with E-state index in [9.17, 15) is 9.59 Å². The van der Waals surface area contributed by atoms with E-state index in [0.29, 0.717) is 28.5 Å². The Labute approximate surface area is 198 Å². The molecule has 3 aromatic carbocycles. The average molecular weight is 548 g/mol. The van der Waals surface area contributed by atoms with E-state index in [0.717, 1.165) is 14.2 Å². The molecule has 160 valence electrons. The summed E-state index contributed by atoms with van der Waals surface area (Å²) in [6, 6.07) is 20.0. The minimum Gasteiger partial charge on any atom is -0.493 e. The van der Waals surface area contributed by atoms with Gasteiger partial charge in [0.1, 0.15) is 0 Å². The van der Waals surface area contributed by atoms with Crippen molar-refractivity contribution in [1.29, 1.82) is 0 Å². The molecule has 0 saturated carbocycles. The van der Waals surface area contributed by atoms with Gasteiger partial charge in [0.05, 0.1) is 20.0 Å². The van der Waals surface area contributed by atoms with E-state index in [1.54, 1.807) is 37.4 Å². The van der Waals surface area contributed by atoms with Crippen LogP contribution in [0.2, 0.25) is 0 Å². The minimum absolute atomic E-state index is 0.0722. The van der Waals surface area contributed by atoms with Gasteiger partial charge in [-0.3, -0.25) is 9.59 Å². The monoisotopic (exact) mass is 548 g/mol. The van der Waals surface area contributed by atoms with Crippen molar-refractivity contribution in [2.45, 2.75) is 4.90 Å². The Hall–Kier alpha value is -2.72. The summed E-state index contributed by atoms with van der Waals surface area (Å²) in [5, 5.41) is 5.73. The Morgan fingerprint density at radius 1 is 0.839 bits per heavy atom. The number of benzene rings is 3. The van der Waals surface area contributed by atoms with Crippen LogP contribution in [-0.2, 0) is 4.79 Å². The van der Waals surface area contributed by atoms with Gasteiger partial charge in [-0.05, 0) is 89.3 Å². The maximum atomic E-state index is 12.5. The second kappa shape index (κ2) is 11.1. The minimum atomic E-state index is -0.252. The van der Waals surface area contributed by atoms with Gasteiger partial charge >= 0.3 is 0 Å². The number of nitrogens with one attached hydrogen (secondary N) is 2. The Balaban J connectivity index is 1.53. The summed E-state index contributed by atoms with van der Waals surface area (Å²) in [4.78, 5) is 25.6. The van der Waals surface area contributed by atoms with Crippen LogP contribution in [0.3, 0.4) is 0 Å². The van der Waals surface area contributed by atoms with Gasteiger partial charge in [0.25, 0.3) is 5.91 Å². The Morgan fingerprint density at radius 3 is 2.10 bits per heavy atom. The molecule has 3 rings (SSSR count). The number of carbonyl (C=O) groups excluding carboxylic acids is 2. The molecule has 0 heterocycles. The van der Waals surface area contributed by atoms with Gasteiger partial charge in [-0.2, -0.15) is 0 Å². The SMILES string of the molecule is COc1ccc(C(=O)Nc2ccc(SCC(=O)Nc3ccc(I)cc3)cc2)cc1OC. The lowest BCUT2D eigenvalue weighted by atomic mass is 10.2. The molecule has 0 aliphatic heterocycles. The summed E-state index contributed by atoms with van der Waals surface area (Å²) < 4.78 is 11.5. The largest absolute Gasteiger partial charge is 0.493 e. The van der Waals surface area contributed by atoms with E-state index in [1.165, 1.54) is 18.9 Å². The first kappa shape index (κ1) is 23.0. The molecule has 3 aromatic rings. The van der Waals surface area contributed by atoms with Gasteiger partial charge in [0.2, 0.25) is 5.91 Å². The predicted molar refractivity (Wildman–Crippen MR) is 132 cm³/mol. The standard InChI is InChI=1S/C23H21IN2O4S/c1-29-20-12-3-15(13-21(20)30-2)23(28)26-18-8-10-19(11-9-18)31-14-22(27)25-17-6-4-16(24)5-7-17/h3-13H,14H2,1-2H3,(H,25,27)(H,26,28). The highest BCUT2D eigenvalue weighted by atomic mass is 127. The van der Waals surface area contributed by atoms with Crippen molar-refractivity contribution in [2.75, 3.05) is 30.6 Å². The number of ether oxygens (including phenoxy) is 2. The third-order valence-corrected chi connectivity index (χ3v) is 5.99. The van der Waals surface area contributed by atoms with Gasteiger partial charge in [-0.25, -0.2) is 0 Å². The second-order valence-electron chi connectivity index (χ2n) is 6.39. The lowest BCUT2D eigenvalue weighted by molar-refractivity contribution is -0.113. The number of rotatable bonds is 8. The van der Waals surface area contributed by atoms with Gasteiger partial charge in [-0.15, -0.1) is 11.8 Å². The fourth-order valence-electron chi connectivity index (χ4n) is 2.69. The highest BCUT2D eigenvalue weighted by Gasteiger charge is 2.11. The zero-order valence-corrected chi connectivity index (χ0v) is 20.0. The maximum Gasteiger partial charge on any atom is 0.255 e. The number of halogens is 1. The molecular formula is C23H21IN2O4S. The van der Waals surface area contributed by atoms with Crippen LogP contribution in [-0.4, -0.2) is 31.8 Å². The van der Waals surface area contributed by atoms with E-state index in [-0.39, 0.29) is 11.8 Å². The third kappa shape index (κ3) is 6.63. The summed E-state index contributed by atoms with van der Waals surface area (Å²) in [6.07, 6.45) is 0. The van der Waals surface area contributed by atoms with E-state index >= 15 is 0 Å². The topological polar surface area (TPSA) is 76.7 Å². The van der Waals surface area contributed by atoms with Crippen molar-refractivity contribution >= 4 is 57.5 Å². The fourth-order valence-corrected chi connectivity index (χ4v) is 3.75. The van der Waals surface area contributed by atoms with Crippen molar-refractivity contribution < 1.29 is 19.1 Å². The van der Waals surface area contributed by atoms with Crippen molar-refractivity contribution in [2.24, 2.45) is 0 Å². The molecule has 6 nitrogen and oxygen atoms in total. The van der Waals surface area contributed by atoms with Gasteiger partial charge in [0.15, 0.2) is 11.5 Å². The third-order valence-electron chi connectivity index (χ3n) is 4.26. The molecule has 0 fully saturated rings. The van der Waals surface area contributed by atoms with E-state index in [2.05, 4.69) is 33.2 Å². The first-order valence-electron chi connectivity index (χ1n) is 9.30. The first-order chi connectivity index (χ1) is 15.0. The van der Waals surface area contributed by atoms with E-state index < -0.39 is 0 Å². The molecule has 0 radical (unpaired) electrons. The molecule has 2 N–H and O–H groups in total. The lowest BCUT2D eigenvalue weighted by Gasteiger charge is -2.10. The predicted octanol–water partition coefficient (Wildman–Crippen LogP) is 5.29. The first-order valence-corrected chi connectivity index (χ1v) is 11.4. The zero-order chi connectivity index (χ0) is 22.2. The van der Waals surface area contributed by atoms with Crippen molar-refractivity contribution in [3.8, 4) is 11.5 Å². The average Bonchev–Trinajstić information content (AvgIpc) is 2.79. The summed E-state index contributed by atoms with van der Waals surface area (Å²) in [6.45, 7) is 0. The van der Waals surface area contributed by atoms with Gasteiger partial charge in [0, 0.05) is 25.4 Å². The summed E-state index contributed by atoms with van der Waals surface area (Å²) in [7, 11) is 3.07. The second-order valence-corrected chi connectivity index (χ2v) is 8.69. The van der Waals surface area contributed by atoms with Crippen LogP contribution in [0, 0.1) is 3.57 Å². The number of methoxy groups -OCH3 is 2. The normalized spacial score (nSPS) is 10.3. The molecule has 31 heavy (non-hydrogen) atoms. The Bertz CT molecular complexity index is 1060. The van der Waals surface area contributed by atoms with Gasteiger partial charge < -0.3 is 20.1 Å². The maximum absolute atomic E-state index is 12.5. The van der Waals surface area contributed by atoms with Crippen molar-refractivity contribution in [1.82, 2.24) is 0 Å². The van der Waals surface area contributed by atoms with Crippen LogP contribution in [0.1, 0.15) is 10.4 Å². The van der Waals surface area contributed by atoms with E-state index in [4.69, 9.17) is 9.47 Å². The number of thioether (sulfide) groups is 1. The highest BCUT2D eigenvalue weighted by molar-refractivity contribution is 14.1. The lowest BCUT2D eigenvalue weighted by Crippen LogP contribution is -2.14. The highest BCUT2D eigenvalue weighted by Crippen LogP contribution is 2.28. The molecule has 0 aliphatic carbocycles. The van der Waals surface area contributed by atoms with Crippen molar-refractivity contribution in [3.05, 3.63) is 75.9 Å². The molecule has 0 bridgehead atoms. The Morgan fingerprint density at radius 2 is 1.45 bits per heavy atom. The van der Waals surface area contributed by atoms with Crippen LogP contribution in [0.5, 0.6) is 11.5 Å². The smallest absolute Gasteiger partial charge is 0.255 e. The van der Waals surface area contributed by atoms with Crippen LogP contribution in [0.4, 0.5) is 11.4 Å². The number of amides is 2. The molecule has 0 atom stereocenters. The molecule has 8 heteroatoms. The summed E-state index contributed by atoms with van der Waals surface area (Å²) in [5.74, 6) is 1.02. The number of anilines is 2. The summed E-state index contributed by atoms with van der Waals surface area (Å²) in [5.41, 5.74) is 1.90. The zero-order valence-electron chi connectivity index (χ0n) is 17.0. The Kier molecular flexibility index (Phi) is 8.19. The number of carbonyl (C=O) groups is 2. The van der Waals surface area contributed by atoms with E-state index in [1.807, 2.05) is 36.4 Å². The van der Waals surface area contributed by atoms with Crippen LogP contribution in [0.25, 0.3) is 0 Å². The molecule has 2 amide bonds. The molecular weight excluding hydrogens is 527 g/mol. The molecule has 0 aromatic heterocycles. The molecule has 0 aliphatic rings. The quantitative estimate of drug-likeness (QED) is 0.296. The number of hydrogen-bond donors (Lipinski definition) is 2. The number of hydrogen-bond acceptors (Lipinski definition) is 5. The fraction of sp³-hybridized carbons (Fsp3) is 0.130. The van der Waals surface area contributed by atoms with Crippen LogP contribution >= 0.6 is 34.4 Å². The molecule has 0 unspecified atom stereocenters. The van der Waals surface area contributed by atoms with Crippen LogP contribution in [0.15, 0.2) is 71.6 Å². The molecule has 0 spiro atoms. The van der Waals surface area contributed by atoms with Crippen LogP contribution < -0.4 is 20.1 Å². The molecule has 0 saturated heterocycles. The summed E-state index contributed by atoms with van der Waals surface area (Å²) >= 11 is 3.65. The van der Waals surface area contributed by atoms with Crippen molar-refractivity contribution in [3.63, 3.8) is 0 Å².